The summed E-state index contributed by atoms with van der Waals surface area (Å²) in [5.41, 5.74) is 0. The van der Waals surface area contributed by atoms with Crippen LogP contribution in [0, 0.1) is 0 Å². The third-order valence-electron chi connectivity index (χ3n) is 1.81. The predicted molar refractivity (Wildman–Crippen MR) is 64.2 cm³/mol. The van der Waals surface area contributed by atoms with E-state index in [0.717, 1.165) is 0 Å². The zero-order chi connectivity index (χ0) is 11.1. The van der Waals surface area contributed by atoms with Gasteiger partial charge in [-0.25, -0.2) is 24.3 Å². The minimum Gasteiger partial charge on any atom is -0.419 e. The molecular formula is C10H9FeO3Si3. The molecule has 1 heterocycles. The smallest absolute Gasteiger partial charge is 0.419 e. The second-order valence-corrected chi connectivity index (χ2v) is 6.83. The van der Waals surface area contributed by atoms with Crippen LogP contribution in [0.15, 0.2) is 54.6 Å². The monoisotopic (exact) mass is 317 g/mol. The van der Waals surface area contributed by atoms with Gasteiger partial charge in [-0.15, -0.1) is 5.19 Å². The number of rotatable bonds is 1. The van der Waals surface area contributed by atoms with E-state index in [4.69, 9.17) is 12.3 Å². The minimum absolute atomic E-state index is 0. The topological polar surface area (TPSA) is 27.7 Å². The molecule has 1 fully saturated rings. The number of hydrogen-bond acceptors (Lipinski definition) is 3. The van der Waals surface area contributed by atoms with Gasteiger partial charge in [0.2, 0.25) is 0 Å². The van der Waals surface area contributed by atoms with Gasteiger partial charge in [0.1, 0.15) is 0 Å². The molecule has 1 aliphatic heterocycles. The van der Waals surface area contributed by atoms with Crippen molar-refractivity contribution in [3.05, 3.63) is 54.6 Å². The van der Waals surface area contributed by atoms with Gasteiger partial charge in [0.05, 0.1) is 0 Å². The van der Waals surface area contributed by atoms with E-state index in [-0.39, 0.29) is 37.1 Å². The van der Waals surface area contributed by atoms with E-state index in [1.165, 1.54) is 5.19 Å². The van der Waals surface area contributed by atoms with E-state index in [0.29, 0.717) is 0 Å². The molecule has 2 aromatic carbocycles. The number of hydrogen-bond donors (Lipinski definition) is 0. The first kappa shape index (κ1) is 14.8. The van der Waals surface area contributed by atoms with E-state index in [2.05, 4.69) is 0 Å². The molecule has 3 nitrogen and oxygen atoms in total. The maximum absolute atomic E-state index is 5.31. The van der Waals surface area contributed by atoms with Crippen molar-refractivity contribution < 1.29 is 29.4 Å². The summed E-state index contributed by atoms with van der Waals surface area (Å²) < 4.78 is 15.6. The molecule has 0 aliphatic carbocycles. The summed E-state index contributed by atoms with van der Waals surface area (Å²) in [6.45, 7) is 0. The Labute approximate surface area is 118 Å². The van der Waals surface area contributed by atoms with Crippen LogP contribution in [0.2, 0.25) is 0 Å². The van der Waals surface area contributed by atoms with Crippen LogP contribution in [-0.4, -0.2) is 29.3 Å². The molecule has 0 unspecified atom stereocenters. The maximum Gasteiger partial charge on any atom is 2.00 e. The second kappa shape index (κ2) is 8.78. The van der Waals surface area contributed by atoms with Crippen molar-refractivity contribution in [2.24, 2.45) is 0 Å². The predicted octanol–water partition coefficient (Wildman–Crippen LogP) is 0.635. The summed E-state index contributed by atoms with van der Waals surface area (Å²) >= 11 is 0. The van der Waals surface area contributed by atoms with Crippen LogP contribution in [0.3, 0.4) is 0 Å². The fourth-order valence-corrected chi connectivity index (χ4v) is 4.88. The second-order valence-electron chi connectivity index (χ2n) is 2.90. The molecular weight excluding hydrogens is 308 g/mol. The fraction of sp³-hybridized carbons (Fsp3) is 0. The van der Waals surface area contributed by atoms with Crippen molar-refractivity contribution in [3.63, 3.8) is 0 Å². The van der Waals surface area contributed by atoms with Crippen LogP contribution >= 0.6 is 0 Å². The van der Waals surface area contributed by atoms with Crippen molar-refractivity contribution in [2.45, 2.75) is 0 Å². The van der Waals surface area contributed by atoms with Gasteiger partial charge in [-0.2, -0.15) is 30.3 Å². The molecule has 1 saturated heterocycles. The molecule has 0 N–H and O–H groups in total. The molecule has 3 rings (SSSR count). The Balaban J connectivity index is 0.000000205. The standard InChI is InChI=1S/C5H4O3Si3.C5H5.Fe/c1-2-4-5(3-1)11-7-9-6-10-8-11;1-2-4-5-3-1;/h1-4H;1-5H;/q2*-1;+2. The molecule has 7 heteroatoms. The van der Waals surface area contributed by atoms with E-state index < -0.39 is 9.28 Å². The van der Waals surface area contributed by atoms with Gasteiger partial charge in [0, 0.05) is 0 Å². The van der Waals surface area contributed by atoms with Gasteiger partial charge < -0.3 is 12.3 Å². The maximum atomic E-state index is 5.31. The third-order valence-corrected chi connectivity index (χ3v) is 5.43. The normalized spacial score (nSPS) is 15.5. The van der Waals surface area contributed by atoms with Crippen molar-refractivity contribution >= 4 is 34.5 Å². The Kier molecular flexibility index (Phi) is 7.65. The Bertz CT molecular complexity index is 343. The van der Waals surface area contributed by atoms with E-state index in [9.17, 15) is 0 Å². The Morgan fingerprint density at radius 1 is 0.941 bits per heavy atom. The third kappa shape index (κ3) is 5.28. The van der Waals surface area contributed by atoms with Crippen molar-refractivity contribution in [1.29, 1.82) is 0 Å². The largest absolute Gasteiger partial charge is 2.00 e. The Morgan fingerprint density at radius 2 is 1.53 bits per heavy atom. The zero-order valence-electron chi connectivity index (χ0n) is 8.77. The van der Waals surface area contributed by atoms with Crippen molar-refractivity contribution in [1.82, 2.24) is 0 Å². The van der Waals surface area contributed by atoms with Crippen LogP contribution in [0.4, 0.5) is 0 Å². The fourth-order valence-electron chi connectivity index (χ4n) is 1.10. The molecule has 0 spiro atoms. The molecule has 0 aromatic heterocycles. The first-order valence-corrected chi connectivity index (χ1v) is 7.67. The minimum atomic E-state index is -1.18. The average molecular weight is 317 g/mol. The SMILES string of the molecule is [Fe+2].c1cc[c-]([Si]2O[Si]O[Si]O2)c1.c1cc[cH-]c1. The quantitative estimate of drug-likeness (QED) is 0.571. The van der Waals surface area contributed by atoms with Gasteiger partial charge >= 0.3 is 46.4 Å². The van der Waals surface area contributed by atoms with Gasteiger partial charge in [0.25, 0.3) is 0 Å². The van der Waals surface area contributed by atoms with Crippen molar-refractivity contribution in [2.75, 3.05) is 0 Å². The Morgan fingerprint density at radius 3 is 2.00 bits per heavy atom. The zero-order valence-corrected chi connectivity index (χ0v) is 12.9. The van der Waals surface area contributed by atoms with Crippen molar-refractivity contribution in [3.8, 4) is 0 Å². The van der Waals surface area contributed by atoms with Gasteiger partial charge in [0.15, 0.2) is 0 Å². The Hall–Kier alpha value is -0.250. The molecule has 5 radical (unpaired) electrons. The first-order chi connectivity index (χ1) is 7.97. The molecule has 0 saturated carbocycles. The van der Waals surface area contributed by atoms with Gasteiger partial charge in [-0.1, -0.05) is 0 Å². The molecule has 0 bridgehead atoms. The summed E-state index contributed by atoms with van der Waals surface area (Å²) in [6.07, 6.45) is 0. The summed E-state index contributed by atoms with van der Waals surface area (Å²) in [5, 5.41) is 1.17. The molecule has 17 heavy (non-hydrogen) atoms. The summed E-state index contributed by atoms with van der Waals surface area (Å²) in [6, 6.07) is 18.0. The summed E-state index contributed by atoms with van der Waals surface area (Å²) in [5.74, 6) is 0. The van der Waals surface area contributed by atoms with Gasteiger partial charge in [-0.05, 0) is 0 Å². The van der Waals surface area contributed by atoms with E-state index >= 15 is 0 Å². The summed E-state index contributed by atoms with van der Waals surface area (Å²) in [4.78, 5) is 0. The molecule has 0 amide bonds. The molecule has 1 aliphatic rings. The van der Waals surface area contributed by atoms with E-state index in [1.54, 1.807) is 0 Å². The summed E-state index contributed by atoms with van der Waals surface area (Å²) in [7, 11) is -0.878. The molecule has 87 valence electrons. The average Bonchev–Trinajstić information content (AvgIpc) is 3.07. The van der Waals surface area contributed by atoms with Crippen LogP contribution in [0.5, 0.6) is 0 Å². The van der Waals surface area contributed by atoms with Crippen LogP contribution in [-0.2, 0) is 29.4 Å². The van der Waals surface area contributed by atoms with E-state index in [1.807, 2.05) is 54.6 Å². The van der Waals surface area contributed by atoms with Crippen LogP contribution in [0.25, 0.3) is 0 Å². The van der Waals surface area contributed by atoms with Crippen LogP contribution in [0.1, 0.15) is 0 Å². The van der Waals surface area contributed by atoms with Gasteiger partial charge in [-0.3, -0.25) is 0 Å². The van der Waals surface area contributed by atoms with Crippen LogP contribution < -0.4 is 5.19 Å². The molecule has 2 aromatic rings. The first-order valence-electron chi connectivity index (χ1n) is 4.72. The molecule has 0 atom stereocenters.